The zero-order valence-corrected chi connectivity index (χ0v) is 12.1. The van der Waals surface area contributed by atoms with E-state index in [2.05, 4.69) is 21.2 Å². The van der Waals surface area contributed by atoms with Crippen LogP contribution >= 0.6 is 15.9 Å². The SMILES string of the molecule is Cc1cc(Br)cc(C(=O)N(C)[C@H]2CNC[C@@H]2O)c1. The average molecular weight is 313 g/mol. The van der Waals surface area contributed by atoms with Crippen molar-refractivity contribution in [3.8, 4) is 0 Å². The minimum absolute atomic E-state index is 0.0628. The maximum atomic E-state index is 12.3. The number of likely N-dealkylation sites (N-methyl/N-ethyl adjacent to an activating group) is 1. The minimum Gasteiger partial charge on any atom is -0.390 e. The summed E-state index contributed by atoms with van der Waals surface area (Å²) >= 11 is 3.39. The van der Waals surface area contributed by atoms with Crippen molar-refractivity contribution < 1.29 is 9.90 Å². The third kappa shape index (κ3) is 2.74. The number of β-amino-alcohol motifs (C(OH)–C–C–N with tert-alkyl or cyclic N) is 1. The summed E-state index contributed by atoms with van der Waals surface area (Å²) in [7, 11) is 1.74. The normalized spacial score (nSPS) is 23.1. The van der Waals surface area contributed by atoms with Gasteiger partial charge in [0.2, 0.25) is 0 Å². The molecule has 1 aromatic carbocycles. The Morgan fingerprint density at radius 1 is 1.44 bits per heavy atom. The Balaban J connectivity index is 2.19. The van der Waals surface area contributed by atoms with E-state index >= 15 is 0 Å². The van der Waals surface area contributed by atoms with Crippen LogP contribution in [0.1, 0.15) is 15.9 Å². The van der Waals surface area contributed by atoms with Gasteiger partial charge in [-0.05, 0) is 30.7 Å². The van der Waals surface area contributed by atoms with Gasteiger partial charge < -0.3 is 15.3 Å². The summed E-state index contributed by atoms with van der Waals surface area (Å²) in [5.74, 6) is -0.0628. The fourth-order valence-electron chi connectivity index (χ4n) is 2.26. The highest BCUT2D eigenvalue weighted by molar-refractivity contribution is 9.10. The van der Waals surface area contributed by atoms with Gasteiger partial charge in [-0.1, -0.05) is 15.9 Å². The Morgan fingerprint density at radius 3 is 2.72 bits per heavy atom. The molecule has 0 spiro atoms. The molecule has 2 N–H and O–H groups in total. The second-order valence-electron chi connectivity index (χ2n) is 4.73. The first-order chi connectivity index (χ1) is 8.49. The Labute approximate surface area is 115 Å². The van der Waals surface area contributed by atoms with Crippen LogP contribution in [0, 0.1) is 6.92 Å². The number of aryl methyl sites for hydroxylation is 1. The van der Waals surface area contributed by atoms with Gasteiger partial charge in [0.15, 0.2) is 0 Å². The third-order valence-electron chi connectivity index (χ3n) is 3.26. The maximum Gasteiger partial charge on any atom is 0.254 e. The van der Waals surface area contributed by atoms with Gasteiger partial charge in [0, 0.05) is 30.2 Å². The van der Waals surface area contributed by atoms with Crippen molar-refractivity contribution in [1.29, 1.82) is 0 Å². The Morgan fingerprint density at radius 2 is 2.17 bits per heavy atom. The van der Waals surface area contributed by atoms with Crippen molar-refractivity contribution >= 4 is 21.8 Å². The summed E-state index contributed by atoms with van der Waals surface area (Å²) < 4.78 is 0.893. The number of aliphatic hydroxyl groups excluding tert-OH is 1. The topological polar surface area (TPSA) is 52.6 Å². The van der Waals surface area contributed by atoms with Crippen LogP contribution in [0.2, 0.25) is 0 Å². The van der Waals surface area contributed by atoms with E-state index in [0.29, 0.717) is 18.7 Å². The molecule has 1 fully saturated rings. The molecule has 1 amide bonds. The number of benzene rings is 1. The number of nitrogens with one attached hydrogen (secondary N) is 1. The summed E-state index contributed by atoms with van der Waals surface area (Å²) in [6.07, 6.45) is -0.493. The second-order valence-corrected chi connectivity index (χ2v) is 5.64. The van der Waals surface area contributed by atoms with Gasteiger partial charge in [0.25, 0.3) is 5.91 Å². The number of aliphatic hydroxyl groups is 1. The summed E-state index contributed by atoms with van der Waals surface area (Å²) in [5, 5.41) is 12.9. The molecule has 0 aromatic heterocycles. The molecule has 0 bridgehead atoms. The molecule has 1 aromatic rings. The molecule has 18 heavy (non-hydrogen) atoms. The molecule has 0 saturated carbocycles. The summed E-state index contributed by atoms with van der Waals surface area (Å²) in [4.78, 5) is 14.0. The number of hydrogen-bond acceptors (Lipinski definition) is 3. The van der Waals surface area contributed by atoms with Crippen molar-refractivity contribution in [2.75, 3.05) is 20.1 Å². The van der Waals surface area contributed by atoms with Crippen molar-refractivity contribution in [2.24, 2.45) is 0 Å². The van der Waals surface area contributed by atoms with E-state index in [9.17, 15) is 9.90 Å². The standard InChI is InChI=1S/C13H17BrN2O2/c1-8-3-9(5-10(14)4-8)13(18)16(2)11-6-15-7-12(11)17/h3-5,11-12,15,17H,6-7H2,1-2H3/t11-,12-/m0/s1. The zero-order valence-electron chi connectivity index (χ0n) is 10.5. The van der Waals surface area contributed by atoms with Gasteiger partial charge in [-0.3, -0.25) is 4.79 Å². The molecular formula is C13H17BrN2O2. The fraction of sp³-hybridized carbons (Fsp3) is 0.462. The summed E-state index contributed by atoms with van der Waals surface area (Å²) in [6.45, 7) is 3.13. The van der Waals surface area contributed by atoms with E-state index in [4.69, 9.17) is 0 Å². The molecule has 4 nitrogen and oxygen atoms in total. The van der Waals surface area contributed by atoms with Gasteiger partial charge in [-0.25, -0.2) is 0 Å². The number of rotatable bonds is 2. The first-order valence-electron chi connectivity index (χ1n) is 5.92. The smallest absolute Gasteiger partial charge is 0.254 e. The highest BCUT2D eigenvalue weighted by atomic mass is 79.9. The lowest BCUT2D eigenvalue weighted by atomic mass is 10.1. The van der Waals surface area contributed by atoms with Gasteiger partial charge in [-0.15, -0.1) is 0 Å². The highest BCUT2D eigenvalue weighted by Crippen LogP contribution is 2.18. The maximum absolute atomic E-state index is 12.3. The third-order valence-corrected chi connectivity index (χ3v) is 3.72. The minimum atomic E-state index is -0.493. The largest absolute Gasteiger partial charge is 0.390 e. The van der Waals surface area contributed by atoms with Crippen LogP contribution in [-0.4, -0.2) is 48.2 Å². The second kappa shape index (κ2) is 5.38. The molecule has 98 valence electrons. The lowest BCUT2D eigenvalue weighted by molar-refractivity contribution is 0.0581. The van der Waals surface area contributed by atoms with Crippen molar-refractivity contribution in [1.82, 2.24) is 10.2 Å². The Kier molecular flexibility index (Phi) is 4.04. The molecule has 1 heterocycles. The van der Waals surface area contributed by atoms with E-state index in [1.54, 1.807) is 18.0 Å². The van der Waals surface area contributed by atoms with Crippen molar-refractivity contribution in [2.45, 2.75) is 19.1 Å². The van der Waals surface area contributed by atoms with Crippen LogP contribution in [0.3, 0.4) is 0 Å². The predicted molar refractivity (Wildman–Crippen MR) is 73.6 cm³/mol. The molecule has 1 aliphatic heterocycles. The summed E-state index contributed by atoms with van der Waals surface area (Å²) in [5.41, 5.74) is 1.68. The number of halogens is 1. The van der Waals surface area contributed by atoms with E-state index < -0.39 is 6.10 Å². The van der Waals surface area contributed by atoms with E-state index in [0.717, 1.165) is 10.0 Å². The summed E-state index contributed by atoms with van der Waals surface area (Å²) in [6, 6.07) is 5.47. The van der Waals surface area contributed by atoms with Crippen LogP contribution in [0.15, 0.2) is 22.7 Å². The van der Waals surface area contributed by atoms with Crippen LogP contribution in [0.5, 0.6) is 0 Å². The van der Waals surface area contributed by atoms with Crippen LogP contribution < -0.4 is 5.32 Å². The molecule has 1 saturated heterocycles. The quantitative estimate of drug-likeness (QED) is 0.861. The molecule has 5 heteroatoms. The van der Waals surface area contributed by atoms with Gasteiger partial charge in [-0.2, -0.15) is 0 Å². The molecule has 1 aliphatic rings. The van der Waals surface area contributed by atoms with Crippen LogP contribution in [0.4, 0.5) is 0 Å². The highest BCUT2D eigenvalue weighted by Gasteiger charge is 2.31. The van der Waals surface area contributed by atoms with E-state index in [1.807, 2.05) is 19.1 Å². The fourth-order valence-corrected chi connectivity index (χ4v) is 2.87. The van der Waals surface area contributed by atoms with E-state index in [-0.39, 0.29) is 11.9 Å². The first-order valence-corrected chi connectivity index (χ1v) is 6.71. The molecule has 0 unspecified atom stereocenters. The Bertz CT molecular complexity index is 444. The van der Waals surface area contributed by atoms with Crippen molar-refractivity contribution in [3.63, 3.8) is 0 Å². The number of hydrogen-bond donors (Lipinski definition) is 2. The van der Waals surface area contributed by atoms with Gasteiger partial charge in [0.05, 0.1) is 12.1 Å². The first kappa shape index (κ1) is 13.5. The van der Waals surface area contributed by atoms with Gasteiger partial charge >= 0.3 is 0 Å². The molecule has 2 rings (SSSR count). The van der Waals surface area contributed by atoms with Crippen molar-refractivity contribution in [3.05, 3.63) is 33.8 Å². The predicted octanol–water partition coefficient (Wildman–Crippen LogP) is 1.16. The van der Waals surface area contributed by atoms with Gasteiger partial charge in [0.1, 0.15) is 0 Å². The lowest BCUT2D eigenvalue weighted by Gasteiger charge is -2.26. The van der Waals surface area contributed by atoms with Crippen LogP contribution in [0.25, 0.3) is 0 Å². The number of nitrogens with zero attached hydrogens (tertiary/aromatic N) is 1. The molecular weight excluding hydrogens is 296 g/mol. The molecule has 2 atom stereocenters. The molecule has 0 aliphatic carbocycles. The number of amides is 1. The zero-order chi connectivity index (χ0) is 13.3. The molecule has 0 radical (unpaired) electrons. The van der Waals surface area contributed by atoms with Crippen LogP contribution in [-0.2, 0) is 0 Å². The average Bonchev–Trinajstić information content (AvgIpc) is 2.72. The monoisotopic (exact) mass is 312 g/mol. The van der Waals surface area contributed by atoms with E-state index in [1.165, 1.54) is 0 Å². The lowest BCUT2D eigenvalue weighted by Crippen LogP contribution is -2.44. The Hall–Kier alpha value is -0.910. The number of carbonyl (C=O) groups is 1. The number of carbonyl (C=O) groups excluding carboxylic acids is 1.